The van der Waals surface area contributed by atoms with Crippen LogP contribution in [0.3, 0.4) is 0 Å². The number of nitriles is 1. The number of halogens is 2. The van der Waals surface area contributed by atoms with Crippen LogP contribution in [0.25, 0.3) is 22.8 Å². The fourth-order valence-corrected chi connectivity index (χ4v) is 4.21. The van der Waals surface area contributed by atoms with E-state index in [0.717, 1.165) is 32.7 Å². The van der Waals surface area contributed by atoms with Gasteiger partial charge in [-0.25, -0.2) is 4.98 Å². The van der Waals surface area contributed by atoms with Crippen LogP contribution in [-0.4, -0.2) is 14.5 Å². The van der Waals surface area contributed by atoms with Gasteiger partial charge in [-0.05, 0) is 48.5 Å². The van der Waals surface area contributed by atoms with Gasteiger partial charge in [0.1, 0.15) is 22.5 Å². The molecule has 0 aliphatic heterocycles. The van der Waals surface area contributed by atoms with Gasteiger partial charge >= 0.3 is 0 Å². The molecule has 4 aromatic rings. The van der Waals surface area contributed by atoms with E-state index in [-0.39, 0.29) is 0 Å². The minimum absolute atomic E-state index is 0.400. The van der Waals surface area contributed by atoms with Crippen LogP contribution in [0.5, 0.6) is 0 Å². The van der Waals surface area contributed by atoms with E-state index < -0.39 is 0 Å². The highest BCUT2D eigenvalue weighted by Crippen LogP contribution is 2.39. The molecule has 0 radical (unpaired) electrons. The van der Waals surface area contributed by atoms with Crippen LogP contribution in [-0.2, 0) is 7.05 Å². The molecule has 0 unspecified atom stereocenters. The van der Waals surface area contributed by atoms with Crippen molar-refractivity contribution >= 4 is 35.0 Å². The molecule has 0 aliphatic carbocycles. The Labute approximate surface area is 182 Å². The lowest BCUT2D eigenvalue weighted by Gasteiger charge is -2.08. The molecule has 142 valence electrons. The normalized spacial score (nSPS) is 10.7. The Morgan fingerprint density at radius 3 is 2.48 bits per heavy atom. The van der Waals surface area contributed by atoms with Crippen molar-refractivity contribution in [3.05, 3.63) is 82.5 Å². The molecule has 0 saturated carbocycles. The van der Waals surface area contributed by atoms with Crippen LogP contribution in [0.15, 0.2) is 76.8 Å². The average Bonchev–Trinajstić information content (AvgIpc) is 3.06. The summed E-state index contributed by atoms with van der Waals surface area (Å²) in [4.78, 5) is 10.3. The van der Waals surface area contributed by atoms with E-state index in [1.165, 1.54) is 0 Å². The molecule has 0 aliphatic rings. The zero-order valence-corrected chi connectivity index (χ0v) is 17.6. The van der Waals surface area contributed by atoms with Crippen molar-refractivity contribution in [3.63, 3.8) is 0 Å². The molecule has 0 bridgehead atoms. The summed E-state index contributed by atoms with van der Waals surface area (Å²) in [7, 11) is 1.96. The average molecular weight is 437 g/mol. The highest BCUT2D eigenvalue weighted by molar-refractivity contribution is 7.99. The molecule has 0 N–H and O–H groups in total. The van der Waals surface area contributed by atoms with E-state index >= 15 is 0 Å². The van der Waals surface area contributed by atoms with Gasteiger partial charge in [0.05, 0.1) is 10.6 Å². The number of aromatic nitrogens is 3. The van der Waals surface area contributed by atoms with Gasteiger partial charge in [-0.2, -0.15) is 5.26 Å². The van der Waals surface area contributed by atoms with Gasteiger partial charge in [0, 0.05) is 28.7 Å². The van der Waals surface area contributed by atoms with Crippen LogP contribution < -0.4 is 0 Å². The van der Waals surface area contributed by atoms with Crippen molar-refractivity contribution < 1.29 is 0 Å². The van der Waals surface area contributed by atoms with Crippen molar-refractivity contribution in [2.45, 2.75) is 9.92 Å². The maximum absolute atomic E-state index is 9.17. The van der Waals surface area contributed by atoms with E-state index in [9.17, 15) is 5.26 Å². The van der Waals surface area contributed by atoms with Crippen LogP contribution in [0, 0.1) is 11.3 Å². The minimum Gasteiger partial charge on any atom is -0.320 e. The zero-order chi connectivity index (χ0) is 20.4. The second-order valence-corrected chi connectivity index (χ2v) is 8.13. The summed E-state index contributed by atoms with van der Waals surface area (Å²) < 4.78 is 2.02. The molecular formula is C22H14Cl2N4S. The lowest BCUT2D eigenvalue weighted by molar-refractivity contribution is 0.831. The molecule has 7 heteroatoms. The molecule has 0 spiro atoms. The Bertz CT molecular complexity index is 1210. The molecule has 29 heavy (non-hydrogen) atoms. The third kappa shape index (κ3) is 4.01. The summed E-state index contributed by atoms with van der Waals surface area (Å²) in [5.74, 6) is 0.748. The molecule has 2 aromatic heterocycles. The summed E-state index contributed by atoms with van der Waals surface area (Å²) in [6.07, 6.45) is 1.74. The molecule has 0 fully saturated rings. The highest BCUT2D eigenvalue weighted by atomic mass is 35.5. The predicted octanol–water partition coefficient (Wildman–Crippen LogP) is 6.48. The quantitative estimate of drug-likeness (QED) is 0.367. The number of hydrogen-bond donors (Lipinski definition) is 0. The van der Waals surface area contributed by atoms with Gasteiger partial charge in [0.15, 0.2) is 5.82 Å². The van der Waals surface area contributed by atoms with E-state index in [0.29, 0.717) is 15.6 Å². The Kier molecular flexibility index (Phi) is 5.59. The Morgan fingerprint density at radius 2 is 1.83 bits per heavy atom. The van der Waals surface area contributed by atoms with Gasteiger partial charge in [0.25, 0.3) is 0 Å². The number of rotatable bonds is 4. The first-order valence-corrected chi connectivity index (χ1v) is 10.3. The maximum Gasteiger partial charge on any atom is 0.159 e. The van der Waals surface area contributed by atoms with Gasteiger partial charge < -0.3 is 4.57 Å². The standard InChI is InChI=1S/C22H14Cl2N4S/c1-28-21(19-4-2-3-11-26-19)27-20(14-5-6-15(13-25)18(24)12-14)22(28)29-17-9-7-16(23)8-10-17/h2-12H,1H3. The number of imidazole rings is 1. The number of benzene rings is 2. The first kappa shape index (κ1) is 19.5. The third-order valence-electron chi connectivity index (χ3n) is 4.33. The summed E-state index contributed by atoms with van der Waals surface area (Å²) >= 11 is 13.9. The molecule has 4 nitrogen and oxygen atoms in total. The van der Waals surface area contributed by atoms with Crippen molar-refractivity contribution in [2.75, 3.05) is 0 Å². The first-order valence-electron chi connectivity index (χ1n) is 8.68. The molecule has 0 saturated heterocycles. The van der Waals surface area contributed by atoms with Crippen molar-refractivity contribution in [2.24, 2.45) is 7.05 Å². The van der Waals surface area contributed by atoms with Crippen molar-refractivity contribution in [1.82, 2.24) is 14.5 Å². The Balaban J connectivity index is 1.87. The summed E-state index contributed by atoms with van der Waals surface area (Å²) in [6, 6.07) is 20.8. The number of hydrogen-bond acceptors (Lipinski definition) is 4. The minimum atomic E-state index is 0.400. The van der Waals surface area contributed by atoms with E-state index in [4.69, 9.17) is 28.2 Å². The molecule has 0 atom stereocenters. The van der Waals surface area contributed by atoms with Gasteiger partial charge in [-0.15, -0.1) is 0 Å². The molecular weight excluding hydrogens is 423 g/mol. The number of pyridine rings is 1. The van der Waals surface area contributed by atoms with Crippen LogP contribution in [0.1, 0.15) is 5.56 Å². The maximum atomic E-state index is 9.17. The van der Waals surface area contributed by atoms with Gasteiger partial charge in [-0.1, -0.05) is 47.1 Å². The molecule has 2 heterocycles. The van der Waals surface area contributed by atoms with E-state index in [1.807, 2.05) is 60.1 Å². The Morgan fingerprint density at radius 1 is 1.03 bits per heavy atom. The molecule has 4 rings (SSSR count). The topological polar surface area (TPSA) is 54.5 Å². The van der Waals surface area contributed by atoms with Gasteiger partial charge in [-0.3, -0.25) is 4.98 Å². The van der Waals surface area contributed by atoms with Crippen molar-refractivity contribution in [1.29, 1.82) is 5.26 Å². The van der Waals surface area contributed by atoms with Crippen LogP contribution in [0.2, 0.25) is 10.0 Å². The molecule has 0 amide bonds. The van der Waals surface area contributed by atoms with Gasteiger partial charge in [0.2, 0.25) is 0 Å². The fourth-order valence-electron chi connectivity index (χ4n) is 2.88. The highest BCUT2D eigenvalue weighted by Gasteiger charge is 2.20. The second kappa shape index (κ2) is 8.30. The summed E-state index contributed by atoms with van der Waals surface area (Å²) in [5.41, 5.74) is 2.82. The Hall–Kier alpha value is -2.78. The molecule has 2 aromatic carbocycles. The fraction of sp³-hybridized carbons (Fsp3) is 0.0455. The SMILES string of the molecule is Cn1c(-c2ccccn2)nc(-c2ccc(C#N)c(Cl)c2)c1Sc1ccc(Cl)cc1. The second-order valence-electron chi connectivity index (χ2n) is 6.23. The smallest absolute Gasteiger partial charge is 0.159 e. The van der Waals surface area contributed by atoms with Crippen LogP contribution in [0.4, 0.5) is 0 Å². The zero-order valence-electron chi connectivity index (χ0n) is 15.3. The number of nitrogens with zero attached hydrogens (tertiary/aromatic N) is 4. The predicted molar refractivity (Wildman–Crippen MR) is 117 cm³/mol. The largest absolute Gasteiger partial charge is 0.320 e. The van der Waals surface area contributed by atoms with Crippen molar-refractivity contribution in [3.8, 4) is 28.8 Å². The van der Waals surface area contributed by atoms with E-state index in [2.05, 4.69) is 11.1 Å². The third-order valence-corrected chi connectivity index (χ3v) is 6.06. The van der Waals surface area contributed by atoms with Crippen LogP contribution >= 0.6 is 35.0 Å². The lowest BCUT2D eigenvalue weighted by Crippen LogP contribution is -1.95. The van der Waals surface area contributed by atoms with E-state index in [1.54, 1.807) is 30.1 Å². The monoisotopic (exact) mass is 436 g/mol. The summed E-state index contributed by atoms with van der Waals surface area (Å²) in [6.45, 7) is 0. The first-order chi connectivity index (χ1) is 14.1. The lowest BCUT2D eigenvalue weighted by atomic mass is 10.1. The summed E-state index contributed by atoms with van der Waals surface area (Å²) in [5, 5.41) is 11.2.